The Bertz CT molecular complexity index is 1480. The summed E-state index contributed by atoms with van der Waals surface area (Å²) in [6, 6.07) is 9.35. The van der Waals surface area contributed by atoms with Crippen LogP contribution in [0.2, 0.25) is 0 Å². The molecule has 4 heterocycles. The summed E-state index contributed by atoms with van der Waals surface area (Å²) in [6.07, 6.45) is 2.64. The zero-order chi connectivity index (χ0) is 25.4. The van der Waals surface area contributed by atoms with E-state index in [9.17, 15) is 4.79 Å². The van der Waals surface area contributed by atoms with Crippen LogP contribution in [0.3, 0.4) is 0 Å². The average molecular weight is 492 g/mol. The summed E-state index contributed by atoms with van der Waals surface area (Å²) < 4.78 is 44.6. The van der Waals surface area contributed by atoms with Crippen LogP contribution in [-0.2, 0) is 15.9 Å². The topological polar surface area (TPSA) is 97.7 Å². The number of nitriles is 1. The van der Waals surface area contributed by atoms with E-state index in [-0.39, 0.29) is 35.6 Å². The summed E-state index contributed by atoms with van der Waals surface area (Å²) >= 11 is 0. The van der Waals surface area contributed by atoms with E-state index in [1.54, 1.807) is 10.6 Å². The molecule has 0 spiro atoms. The smallest absolute Gasteiger partial charge is 0.409 e. The van der Waals surface area contributed by atoms with Crippen molar-refractivity contribution in [1.29, 1.82) is 5.26 Å². The molecule has 0 bridgehead atoms. The van der Waals surface area contributed by atoms with Crippen LogP contribution in [0.4, 0.5) is 13.6 Å². The second kappa shape index (κ2) is 9.39. The van der Waals surface area contributed by atoms with E-state index in [0.29, 0.717) is 24.5 Å². The minimum absolute atomic E-state index is 0.131. The van der Waals surface area contributed by atoms with E-state index >= 15 is 8.78 Å². The Morgan fingerprint density at radius 2 is 2.03 bits per heavy atom. The van der Waals surface area contributed by atoms with Crippen LogP contribution in [0.5, 0.6) is 0 Å². The molecule has 1 aliphatic heterocycles. The zero-order valence-corrected chi connectivity index (χ0v) is 19.6. The molecule has 9 nitrogen and oxygen atoms in total. The summed E-state index contributed by atoms with van der Waals surface area (Å²) in [5.41, 5.74) is 2.18. The molecule has 4 aromatic rings. The largest absolute Gasteiger partial charge is 0.453 e. The predicted molar refractivity (Wildman–Crippen MR) is 125 cm³/mol. The molecule has 0 aliphatic carbocycles. The third kappa shape index (κ3) is 4.27. The van der Waals surface area contributed by atoms with Gasteiger partial charge in [0.2, 0.25) is 0 Å². The fourth-order valence-corrected chi connectivity index (χ4v) is 4.39. The van der Waals surface area contributed by atoms with Crippen molar-refractivity contribution in [2.45, 2.75) is 19.4 Å². The number of morpholine rings is 1. The van der Waals surface area contributed by atoms with Crippen molar-refractivity contribution in [2.24, 2.45) is 0 Å². The lowest BCUT2D eigenvalue weighted by molar-refractivity contribution is -0.0241. The van der Waals surface area contributed by atoms with Gasteiger partial charge in [0.1, 0.15) is 23.4 Å². The van der Waals surface area contributed by atoms with Crippen molar-refractivity contribution in [1.82, 2.24) is 24.1 Å². The molecule has 1 amide bonds. The Morgan fingerprint density at radius 3 is 2.72 bits per heavy atom. The van der Waals surface area contributed by atoms with Crippen LogP contribution < -0.4 is 0 Å². The number of carbonyl (C=O) groups is 1. The summed E-state index contributed by atoms with van der Waals surface area (Å²) in [4.78, 5) is 18.1. The Balaban J connectivity index is 1.58. The van der Waals surface area contributed by atoms with Gasteiger partial charge in [-0.05, 0) is 30.7 Å². The lowest BCUT2D eigenvalue weighted by atomic mass is 10.0. The molecule has 1 saturated heterocycles. The third-order valence-corrected chi connectivity index (χ3v) is 6.11. The molecule has 0 N–H and O–H groups in total. The van der Waals surface area contributed by atoms with Gasteiger partial charge in [0, 0.05) is 37.5 Å². The number of aryl methyl sites for hydroxylation is 1. The highest BCUT2D eigenvalue weighted by atomic mass is 19.1. The maximum atomic E-state index is 15.5. The Hall–Kier alpha value is -4.30. The third-order valence-electron chi connectivity index (χ3n) is 6.11. The fraction of sp³-hybridized carbons (Fsp3) is 0.280. The molecule has 184 valence electrons. The molecule has 11 heteroatoms. The molecular formula is C25H22F2N6O3. The molecule has 36 heavy (non-hydrogen) atoms. The molecule has 0 saturated carbocycles. The number of methoxy groups -OCH3 is 1. The van der Waals surface area contributed by atoms with Crippen molar-refractivity contribution in [3.63, 3.8) is 0 Å². The number of fused-ring (bicyclic) bond motifs is 1. The zero-order valence-electron chi connectivity index (χ0n) is 19.6. The van der Waals surface area contributed by atoms with E-state index in [4.69, 9.17) is 14.7 Å². The van der Waals surface area contributed by atoms with Gasteiger partial charge in [0.15, 0.2) is 5.69 Å². The quantitative estimate of drug-likeness (QED) is 0.431. The first-order valence-corrected chi connectivity index (χ1v) is 11.3. The number of carbonyl (C=O) groups excluding carboxylic acids is 1. The van der Waals surface area contributed by atoms with Crippen molar-refractivity contribution >= 4 is 11.7 Å². The number of aromatic nitrogens is 4. The number of hydrogen-bond acceptors (Lipinski definition) is 6. The summed E-state index contributed by atoms with van der Waals surface area (Å²) in [5.74, 6) is -1.64. The van der Waals surface area contributed by atoms with Crippen LogP contribution in [0, 0.1) is 29.9 Å². The maximum Gasteiger partial charge on any atom is 0.409 e. The molecule has 1 aliphatic rings. The minimum atomic E-state index is -0.818. The number of pyridine rings is 1. The molecule has 1 fully saturated rings. The molecule has 0 radical (unpaired) electrons. The number of imidazole rings is 1. The number of ether oxygens (including phenoxy) is 2. The molecule has 5 rings (SSSR count). The highest BCUT2D eigenvalue weighted by Gasteiger charge is 2.29. The van der Waals surface area contributed by atoms with E-state index in [2.05, 4.69) is 10.1 Å². The first-order valence-electron chi connectivity index (χ1n) is 11.3. The van der Waals surface area contributed by atoms with Crippen LogP contribution in [0.15, 0.2) is 42.7 Å². The molecule has 1 aromatic carbocycles. The van der Waals surface area contributed by atoms with Crippen LogP contribution in [0.1, 0.15) is 17.0 Å². The molecule has 0 unspecified atom stereocenters. The number of halogens is 2. The van der Waals surface area contributed by atoms with Crippen molar-refractivity contribution in [3.05, 3.63) is 71.3 Å². The van der Waals surface area contributed by atoms with E-state index < -0.39 is 23.8 Å². The number of nitrogens with zero attached hydrogens (tertiary/aromatic N) is 6. The van der Waals surface area contributed by atoms with Crippen molar-refractivity contribution < 1.29 is 23.0 Å². The van der Waals surface area contributed by atoms with Gasteiger partial charge in [-0.1, -0.05) is 0 Å². The first kappa shape index (κ1) is 23.4. The van der Waals surface area contributed by atoms with Crippen LogP contribution >= 0.6 is 0 Å². The lowest BCUT2D eigenvalue weighted by Crippen LogP contribution is -2.46. The van der Waals surface area contributed by atoms with Gasteiger partial charge in [-0.3, -0.25) is 0 Å². The van der Waals surface area contributed by atoms with Gasteiger partial charge >= 0.3 is 6.09 Å². The highest BCUT2D eigenvalue weighted by molar-refractivity contribution is 5.70. The first-order chi connectivity index (χ1) is 17.4. The van der Waals surface area contributed by atoms with Gasteiger partial charge in [0.05, 0.1) is 49.0 Å². The standard InChI is InChI=1S/C25H22F2N6O3/c1-15-3-5-32-21(12-18-14-31(7-8-36-18)25(34)35-2)24(29-22(32)9-15)23-19(26)10-17(11-20(23)27)33-6-4-16(13-28)30-33/h3-6,9-11,18H,7-8,12,14H2,1-2H3/t18-/m0/s1. The van der Waals surface area contributed by atoms with Crippen LogP contribution in [-0.4, -0.2) is 63.1 Å². The van der Waals surface area contributed by atoms with Gasteiger partial charge in [-0.15, -0.1) is 0 Å². The second-order valence-corrected chi connectivity index (χ2v) is 8.49. The normalized spacial score (nSPS) is 15.8. The Kier molecular flexibility index (Phi) is 6.12. The van der Waals surface area contributed by atoms with Gasteiger partial charge in [-0.2, -0.15) is 10.4 Å². The minimum Gasteiger partial charge on any atom is -0.453 e. The Labute approximate surface area is 205 Å². The number of hydrogen-bond donors (Lipinski definition) is 0. The van der Waals surface area contributed by atoms with E-state index in [0.717, 1.165) is 17.7 Å². The van der Waals surface area contributed by atoms with Gasteiger partial charge in [0.25, 0.3) is 0 Å². The van der Waals surface area contributed by atoms with Crippen molar-refractivity contribution in [3.8, 4) is 23.0 Å². The maximum absolute atomic E-state index is 15.5. The van der Waals surface area contributed by atoms with Crippen molar-refractivity contribution in [2.75, 3.05) is 26.8 Å². The summed E-state index contributed by atoms with van der Waals surface area (Å²) in [7, 11) is 1.32. The lowest BCUT2D eigenvalue weighted by Gasteiger charge is -2.32. The number of rotatable bonds is 4. The Morgan fingerprint density at radius 1 is 1.25 bits per heavy atom. The predicted octanol–water partition coefficient (Wildman–Crippen LogP) is 3.66. The van der Waals surface area contributed by atoms with E-state index in [1.807, 2.05) is 25.1 Å². The number of benzene rings is 1. The van der Waals surface area contributed by atoms with Gasteiger partial charge < -0.3 is 18.8 Å². The highest BCUT2D eigenvalue weighted by Crippen LogP contribution is 2.32. The average Bonchev–Trinajstić information content (AvgIpc) is 3.48. The SMILES string of the molecule is COC(=O)N1CCO[C@@H](Cc2c(-c3c(F)cc(-n4ccc(C#N)n4)cc3F)nc3cc(C)ccn23)C1. The summed E-state index contributed by atoms with van der Waals surface area (Å²) in [5, 5.41) is 13.0. The second-order valence-electron chi connectivity index (χ2n) is 8.49. The molecule has 1 atom stereocenters. The fourth-order valence-electron chi connectivity index (χ4n) is 4.39. The number of amides is 1. The summed E-state index contributed by atoms with van der Waals surface area (Å²) in [6.45, 7) is 2.89. The monoisotopic (exact) mass is 492 g/mol. The van der Waals surface area contributed by atoms with Gasteiger partial charge in [-0.25, -0.2) is 23.2 Å². The molecular weight excluding hydrogens is 470 g/mol. The van der Waals surface area contributed by atoms with Crippen LogP contribution in [0.25, 0.3) is 22.6 Å². The molecule has 3 aromatic heterocycles. The van der Waals surface area contributed by atoms with E-state index in [1.165, 1.54) is 29.0 Å².